The quantitative estimate of drug-likeness (QED) is 0.525. The van der Waals surface area contributed by atoms with Crippen LogP contribution in [0.2, 0.25) is 0 Å². The van der Waals surface area contributed by atoms with Crippen molar-refractivity contribution in [3.63, 3.8) is 0 Å². The van der Waals surface area contributed by atoms with Gasteiger partial charge in [0.1, 0.15) is 12.3 Å². The Bertz CT molecular complexity index is 924. The molecule has 0 atom stereocenters. The number of carbonyl (C=O) groups is 1. The molecule has 1 aromatic carbocycles. The maximum Gasteiger partial charge on any atom is 0.273 e. The van der Waals surface area contributed by atoms with Crippen LogP contribution in [0.1, 0.15) is 44.7 Å². The van der Waals surface area contributed by atoms with Crippen molar-refractivity contribution in [1.29, 1.82) is 0 Å². The average molecular weight is 431 g/mol. The minimum atomic E-state index is -0.352. The van der Waals surface area contributed by atoms with Gasteiger partial charge in [0, 0.05) is 31.1 Å². The number of rotatable bonds is 11. The SMILES string of the molecule is CCOCCOc1ccc(-c2nnc(CCC(=O)NC3CCCC3)c(=O)[nH]2)cc1OC. The summed E-state index contributed by atoms with van der Waals surface area (Å²) in [6, 6.07) is 5.51. The summed E-state index contributed by atoms with van der Waals surface area (Å²) in [5.41, 5.74) is 0.534. The van der Waals surface area contributed by atoms with E-state index in [0.717, 1.165) is 25.7 Å². The van der Waals surface area contributed by atoms with Crippen molar-refractivity contribution in [2.45, 2.75) is 51.5 Å². The van der Waals surface area contributed by atoms with Crippen LogP contribution in [0.25, 0.3) is 11.4 Å². The van der Waals surface area contributed by atoms with Gasteiger partial charge in [0.05, 0.1) is 13.7 Å². The summed E-state index contributed by atoms with van der Waals surface area (Å²) in [6.07, 6.45) is 4.83. The smallest absolute Gasteiger partial charge is 0.273 e. The Morgan fingerprint density at radius 2 is 2.00 bits per heavy atom. The molecular formula is C22H30N4O5. The standard InChI is InChI=1S/C22H30N4O5/c1-3-30-12-13-31-18-10-8-15(14-19(18)29-2)21-24-22(28)17(25-26-21)9-11-20(27)23-16-6-4-5-7-16/h8,10,14,16H,3-7,9,11-13H2,1-2H3,(H,23,27)(H,24,26,28). The molecule has 1 fully saturated rings. The van der Waals surface area contributed by atoms with Crippen LogP contribution in [-0.2, 0) is 16.0 Å². The normalized spacial score (nSPS) is 13.9. The van der Waals surface area contributed by atoms with Crippen LogP contribution in [0.5, 0.6) is 11.5 Å². The molecule has 0 spiro atoms. The van der Waals surface area contributed by atoms with Crippen LogP contribution in [-0.4, -0.2) is 54.1 Å². The fourth-order valence-electron chi connectivity index (χ4n) is 3.54. The zero-order valence-corrected chi connectivity index (χ0v) is 18.1. The second-order valence-electron chi connectivity index (χ2n) is 7.41. The highest BCUT2D eigenvalue weighted by atomic mass is 16.5. The van der Waals surface area contributed by atoms with Crippen molar-refractivity contribution in [2.75, 3.05) is 26.9 Å². The lowest BCUT2D eigenvalue weighted by Crippen LogP contribution is -2.33. The third-order valence-electron chi connectivity index (χ3n) is 5.20. The summed E-state index contributed by atoms with van der Waals surface area (Å²) in [5.74, 6) is 1.36. The van der Waals surface area contributed by atoms with Gasteiger partial charge in [-0.15, -0.1) is 10.2 Å². The van der Waals surface area contributed by atoms with Gasteiger partial charge in [-0.05, 0) is 38.0 Å². The van der Waals surface area contributed by atoms with Crippen molar-refractivity contribution in [3.8, 4) is 22.9 Å². The van der Waals surface area contributed by atoms with Gasteiger partial charge in [0.2, 0.25) is 5.91 Å². The monoisotopic (exact) mass is 430 g/mol. The molecule has 2 N–H and O–H groups in total. The molecular weight excluding hydrogens is 400 g/mol. The van der Waals surface area contributed by atoms with Crippen molar-refractivity contribution < 1.29 is 19.0 Å². The number of hydrogen-bond donors (Lipinski definition) is 2. The third-order valence-corrected chi connectivity index (χ3v) is 5.20. The number of aromatic amines is 1. The molecule has 31 heavy (non-hydrogen) atoms. The second kappa shape index (κ2) is 11.5. The molecule has 168 valence electrons. The summed E-state index contributed by atoms with van der Waals surface area (Å²) < 4.78 is 16.3. The Morgan fingerprint density at radius 3 is 2.71 bits per heavy atom. The molecule has 1 amide bonds. The zero-order valence-electron chi connectivity index (χ0n) is 18.1. The number of carbonyl (C=O) groups excluding carboxylic acids is 1. The van der Waals surface area contributed by atoms with Crippen molar-refractivity contribution >= 4 is 5.91 Å². The summed E-state index contributed by atoms with van der Waals surface area (Å²) in [6.45, 7) is 3.45. The van der Waals surface area contributed by atoms with Gasteiger partial charge in [-0.1, -0.05) is 12.8 Å². The van der Waals surface area contributed by atoms with E-state index in [1.165, 1.54) is 0 Å². The molecule has 9 heteroatoms. The van der Waals surface area contributed by atoms with Crippen LogP contribution in [0.3, 0.4) is 0 Å². The van der Waals surface area contributed by atoms with E-state index in [4.69, 9.17) is 14.2 Å². The topological polar surface area (TPSA) is 115 Å². The van der Waals surface area contributed by atoms with E-state index in [0.29, 0.717) is 42.7 Å². The number of ether oxygens (including phenoxy) is 3. The lowest BCUT2D eigenvalue weighted by atomic mass is 10.2. The van der Waals surface area contributed by atoms with E-state index in [1.807, 2.05) is 6.92 Å². The first-order chi connectivity index (χ1) is 15.1. The molecule has 0 radical (unpaired) electrons. The van der Waals surface area contributed by atoms with Gasteiger partial charge in [-0.3, -0.25) is 9.59 Å². The van der Waals surface area contributed by atoms with Crippen LogP contribution in [0.15, 0.2) is 23.0 Å². The summed E-state index contributed by atoms with van der Waals surface area (Å²) in [5, 5.41) is 11.2. The van der Waals surface area contributed by atoms with Gasteiger partial charge < -0.3 is 24.5 Å². The average Bonchev–Trinajstić information content (AvgIpc) is 3.29. The van der Waals surface area contributed by atoms with Gasteiger partial charge in [0.25, 0.3) is 5.56 Å². The highest BCUT2D eigenvalue weighted by Crippen LogP contribution is 2.31. The maximum absolute atomic E-state index is 12.4. The van der Waals surface area contributed by atoms with E-state index in [-0.39, 0.29) is 36.0 Å². The molecule has 2 aromatic rings. The molecule has 3 rings (SSSR count). The number of aromatic nitrogens is 3. The van der Waals surface area contributed by atoms with E-state index in [1.54, 1.807) is 25.3 Å². The Hall–Kier alpha value is -2.94. The predicted octanol–water partition coefficient (Wildman–Crippen LogP) is 2.25. The number of nitrogens with zero attached hydrogens (tertiary/aromatic N) is 2. The van der Waals surface area contributed by atoms with Crippen LogP contribution in [0.4, 0.5) is 0 Å². The molecule has 1 aromatic heterocycles. The number of amides is 1. The number of methoxy groups -OCH3 is 1. The number of hydrogen-bond acceptors (Lipinski definition) is 7. The summed E-state index contributed by atoms with van der Waals surface area (Å²) in [4.78, 5) is 27.3. The van der Waals surface area contributed by atoms with Gasteiger partial charge >= 0.3 is 0 Å². The lowest BCUT2D eigenvalue weighted by molar-refractivity contribution is -0.121. The predicted molar refractivity (Wildman–Crippen MR) is 115 cm³/mol. The molecule has 9 nitrogen and oxygen atoms in total. The van der Waals surface area contributed by atoms with Crippen LogP contribution in [0, 0.1) is 0 Å². The van der Waals surface area contributed by atoms with Gasteiger partial charge in [-0.25, -0.2) is 0 Å². The van der Waals surface area contributed by atoms with Crippen molar-refractivity contribution in [1.82, 2.24) is 20.5 Å². The molecule has 0 unspecified atom stereocenters. The highest BCUT2D eigenvalue weighted by Gasteiger charge is 2.18. The lowest BCUT2D eigenvalue weighted by Gasteiger charge is -2.12. The third kappa shape index (κ3) is 6.52. The van der Waals surface area contributed by atoms with Crippen molar-refractivity contribution in [3.05, 3.63) is 34.2 Å². The van der Waals surface area contributed by atoms with E-state index >= 15 is 0 Å². The largest absolute Gasteiger partial charge is 0.493 e. The Morgan fingerprint density at radius 1 is 1.19 bits per heavy atom. The minimum absolute atomic E-state index is 0.0539. The molecule has 0 saturated heterocycles. The first-order valence-corrected chi connectivity index (χ1v) is 10.7. The minimum Gasteiger partial charge on any atom is -0.493 e. The van der Waals surface area contributed by atoms with E-state index in [9.17, 15) is 9.59 Å². The van der Waals surface area contributed by atoms with E-state index < -0.39 is 0 Å². The molecule has 1 saturated carbocycles. The highest BCUT2D eigenvalue weighted by molar-refractivity contribution is 5.76. The maximum atomic E-state index is 12.4. The molecule has 1 aliphatic rings. The van der Waals surface area contributed by atoms with Crippen molar-refractivity contribution in [2.24, 2.45) is 0 Å². The zero-order chi connectivity index (χ0) is 22.1. The molecule has 0 bridgehead atoms. The molecule has 1 aliphatic carbocycles. The van der Waals surface area contributed by atoms with Crippen LogP contribution < -0.4 is 20.3 Å². The van der Waals surface area contributed by atoms with Gasteiger partial charge in [-0.2, -0.15) is 0 Å². The van der Waals surface area contributed by atoms with Gasteiger partial charge in [0.15, 0.2) is 17.3 Å². The number of H-pyrrole nitrogens is 1. The Balaban J connectivity index is 1.61. The second-order valence-corrected chi connectivity index (χ2v) is 7.41. The van der Waals surface area contributed by atoms with E-state index in [2.05, 4.69) is 20.5 Å². The first-order valence-electron chi connectivity index (χ1n) is 10.7. The fourth-order valence-corrected chi connectivity index (χ4v) is 3.54. The molecule has 0 aliphatic heterocycles. The van der Waals surface area contributed by atoms with Crippen LogP contribution >= 0.6 is 0 Å². The Labute approximate surface area is 181 Å². The summed E-state index contributed by atoms with van der Waals surface area (Å²) >= 11 is 0. The fraction of sp³-hybridized carbons (Fsp3) is 0.545. The number of benzene rings is 1. The Kier molecular flexibility index (Phi) is 8.40. The number of aryl methyl sites for hydroxylation is 1. The first kappa shape index (κ1) is 22.7. The number of nitrogens with one attached hydrogen (secondary N) is 2. The summed E-state index contributed by atoms with van der Waals surface area (Å²) in [7, 11) is 1.54. The molecule has 1 heterocycles.